The average molecular weight is 894 g/mol. The van der Waals surface area contributed by atoms with Crippen molar-refractivity contribution in [3.8, 4) is 11.1 Å². The molecule has 0 bridgehead atoms. The molecule has 6 aromatic rings. The van der Waals surface area contributed by atoms with E-state index in [-0.39, 0.29) is 28.1 Å². The van der Waals surface area contributed by atoms with Crippen LogP contribution in [0.5, 0.6) is 0 Å². The maximum atomic E-state index is 13.9. The molecule has 5 aromatic carbocycles. The second kappa shape index (κ2) is 20.3. The molecule has 2 heterocycles. The van der Waals surface area contributed by atoms with E-state index in [1.165, 1.54) is 29.6 Å². The van der Waals surface area contributed by atoms with Crippen molar-refractivity contribution in [2.24, 2.45) is 0 Å². The van der Waals surface area contributed by atoms with E-state index < -0.39 is 14.9 Å². The molecule has 0 spiro atoms. The summed E-state index contributed by atoms with van der Waals surface area (Å²) in [6.07, 6.45) is 2.05. The normalized spacial score (nSPS) is 14.2. The van der Waals surface area contributed by atoms with Crippen LogP contribution in [0.3, 0.4) is 0 Å². The summed E-state index contributed by atoms with van der Waals surface area (Å²) in [4.78, 5) is 28.7. The summed E-state index contributed by atoms with van der Waals surface area (Å²) < 4.78 is 30.3. The van der Waals surface area contributed by atoms with Gasteiger partial charge in [-0.15, -0.1) is 11.8 Å². The number of sulfonamides is 1. The van der Waals surface area contributed by atoms with Gasteiger partial charge in [-0.05, 0) is 105 Å². The summed E-state index contributed by atoms with van der Waals surface area (Å²) in [5.74, 6) is 0.750. The number of piperazine rings is 1. The van der Waals surface area contributed by atoms with Crippen molar-refractivity contribution < 1.29 is 13.3 Å². The number of thioether (sulfide) groups is 1. The van der Waals surface area contributed by atoms with E-state index in [0.717, 1.165) is 67.9 Å². The van der Waals surface area contributed by atoms with E-state index in [2.05, 4.69) is 98.8 Å². The highest BCUT2D eigenvalue weighted by molar-refractivity contribution is 7.99. The third-order valence-electron chi connectivity index (χ3n) is 11.2. The lowest BCUT2D eigenvalue weighted by Gasteiger charge is -2.36. The number of benzene rings is 5. The second-order valence-corrected chi connectivity index (χ2v) is 19.3. The molecule has 7 rings (SSSR count). The molecule has 62 heavy (non-hydrogen) atoms. The van der Waals surface area contributed by atoms with Crippen LogP contribution >= 0.6 is 23.4 Å². The predicted octanol–water partition coefficient (Wildman–Crippen LogP) is 10.1. The number of nitrogens with zero attached hydrogens (tertiary/aromatic N) is 6. The summed E-state index contributed by atoms with van der Waals surface area (Å²) >= 11 is 7.82. The Balaban J connectivity index is 1.03. The van der Waals surface area contributed by atoms with Gasteiger partial charge in [-0.25, -0.2) is 18.4 Å². The van der Waals surface area contributed by atoms with Gasteiger partial charge in [0.1, 0.15) is 12.0 Å². The Bertz CT molecular complexity index is 2570. The van der Waals surface area contributed by atoms with Crippen LogP contribution in [0.4, 0.5) is 22.9 Å². The van der Waals surface area contributed by atoms with Crippen LogP contribution < -0.4 is 14.9 Å². The van der Waals surface area contributed by atoms with Gasteiger partial charge < -0.3 is 10.2 Å². The Morgan fingerprint density at radius 3 is 2.27 bits per heavy atom. The smallest absolute Gasteiger partial charge is 0.293 e. The van der Waals surface area contributed by atoms with Gasteiger partial charge in [0.15, 0.2) is 5.82 Å². The van der Waals surface area contributed by atoms with Crippen molar-refractivity contribution in [2.45, 2.75) is 68.6 Å². The minimum Gasteiger partial charge on any atom is -0.376 e. The average Bonchev–Trinajstić information content (AvgIpc) is 3.26. The van der Waals surface area contributed by atoms with Gasteiger partial charge in [0, 0.05) is 90.2 Å². The molecule has 1 aromatic heterocycles. The van der Waals surface area contributed by atoms with Crippen LogP contribution in [0.15, 0.2) is 131 Å². The fourth-order valence-corrected chi connectivity index (χ4v) is 10.2. The van der Waals surface area contributed by atoms with E-state index in [1.807, 2.05) is 60.7 Å². The first-order valence-electron chi connectivity index (χ1n) is 20.9. The van der Waals surface area contributed by atoms with Crippen molar-refractivity contribution >= 4 is 67.2 Å². The van der Waals surface area contributed by atoms with E-state index in [1.54, 1.807) is 11.8 Å². The number of halogens is 1. The largest absolute Gasteiger partial charge is 0.376 e. The lowest BCUT2D eigenvalue weighted by Crippen LogP contribution is -2.46. The number of hydrogen-bond acceptors (Lipinski definition) is 11. The minimum atomic E-state index is -4.28. The van der Waals surface area contributed by atoms with E-state index in [4.69, 9.17) is 11.6 Å². The van der Waals surface area contributed by atoms with Crippen LogP contribution in [-0.2, 0) is 16.6 Å². The van der Waals surface area contributed by atoms with Crippen LogP contribution in [0.2, 0.25) is 5.02 Å². The first kappa shape index (κ1) is 44.8. The minimum absolute atomic E-state index is 0.0911. The highest BCUT2D eigenvalue weighted by atomic mass is 35.5. The summed E-state index contributed by atoms with van der Waals surface area (Å²) in [6, 6.07) is 36.7. The van der Waals surface area contributed by atoms with Crippen LogP contribution in [0.25, 0.3) is 22.0 Å². The highest BCUT2D eigenvalue weighted by Gasteiger charge is 2.26. The standard InChI is InChI=1S/C47H53ClN8O4S2/c1-33(2)55(34(3)4)23-22-38(31-61-40-11-6-5-7-12-40)51-44-21-19-41(29-46(44)56(57)58)62(59,60)52-47-43-20-18-39(28-45(43)49-32-50-47)54-26-24-53(25-27-54)30-36-10-8-9-13-42(36)35-14-16-37(48)17-15-35/h5-21,28-29,32-34,38,51H,22-27,30-31H2,1-4H3,(H,49,50,52)/t38-/m1/s1. The number of nitro benzene ring substituents is 1. The molecule has 0 radical (unpaired) electrons. The monoisotopic (exact) mass is 892 g/mol. The van der Waals surface area contributed by atoms with Crippen molar-refractivity contribution in [3.05, 3.63) is 142 Å². The third kappa shape index (κ3) is 11.2. The topological polar surface area (TPSA) is 137 Å². The maximum absolute atomic E-state index is 13.9. The molecule has 1 aliphatic rings. The van der Waals surface area contributed by atoms with E-state index in [9.17, 15) is 18.5 Å². The lowest BCUT2D eigenvalue weighted by atomic mass is 9.99. The van der Waals surface area contributed by atoms with E-state index >= 15 is 0 Å². The number of anilines is 3. The molecular formula is C47H53ClN8O4S2. The summed E-state index contributed by atoms with van der Waals surface area (Å²) in [6.45, 7) is 13.6. The van der Waals surface area contributed by atoms with Crippen molar-refractivity contribution in [1.29, 1.82) is 0 Å². The van der Waals surface area contributed by atoms with Gasteiger partial charge in [0.2, 0.25) is 0 Å². The predicted molar refractivity (Wildman–Crippen MR) is 254 cm³/mol. The van der Waals surface area contributed by atoms with Crippen LogP contribution in [0, 0.1) is 10.1 Å². The number of nitrogens with one attached hydrogen (secondary N) is 2. The molecule has 15 heteroatoms. The molecule has 1 atom stereocenters. The van der Waals surface area contributed by atoms with Crippen molar-refractivity contribution in [1.82, 2.24) is 19.8 Å². The first-order valence-corrected chi connectivity index (χ1v) is 23.8. The van der Waals surface area contributed by atoms with Gasteiger partial charge in [0.05, 0.1) is 15.3 Å². The zero-order valence-electron chi connectivity index (χ0n) is 35.4. The number of nitro groups is 1. The Morgan fingerprint density at radius 2 is 1.56 bits per heavy atom. The summed E-state index contributed by atoms with van der Waals surface area (Å²) in [7, 11) is -4.28. The van der Waals surface area contributed by atoms with Crippen molar-refractivity contribution in [2.75, 3.05) is 53.4 Å². The number of fused-ring (bicyclic) bond motifs is 1. The SMILES string of the molecule is CC(C)N(CC[C@H](CSc1ccccc1)Nc1ccc(S(=O)(=O)Nc2ncnc3cc(N4CCN(Cc5ccccc5-c5ccc(Cl)cc5)CC4)ccc23)cc1[N+](=O)[O-])C(C)C. The Morgan fingerprint density at radius 1 is 0.855 bits per heavy atom. The molecule has 1 fully saturated rings. The summed E-state index contributed by atoms with van der Waals surface area (Å²) in [5.41, 5.74) is 5.09. The van der Waals surface area contributed by atoms with Crippen LogP contribution in [-0.4, -0.2) is 89.7 Å². The van der Waals surface area contributed by atoms with E-state index in [0.29, 0.717) is 33.8 Å². The molecule has 324 valence electrons. The lowest BCUT2D eigenvalue weighted by molar-refractivity contribution is -0.384. The molecule has 2 N–H and O–H groups in total. The number of aromatic nitrogens is 2. The van der Waals surface area contributed by atoms with Crippen LogP contribution in [0.1, 0.15) is 39.7 Å². The molecule has 1 saturated heterocycles. The number of rotatable bonds is 18. The van der Waals surface area contributed by atoms with Gasteiger partial charge >= 0.3 is 0 Å². The molecule has 0 unspecified atom stereocenters. The van der Waals surface area contributed by atoms with Crippen molar-refractivity contribution in [3.63, 3.8) is 0 Å². The quantitative estimate of drug-likeness (QED) is 0.0485. The molecule has 0 saturated carbocycles. The zero-order valence-corrected chi connectivity index (χ0v) is 37.8. The Labute approximate surface area is 373 Å². The summed E-state index contributed by atoms with van der Waals surface area (Å²) in [5, 5.41) is 17.1. The van der Waals surface area contributed by atoms with Gasteiger partial charge in [0.25, 0.3) is 15.7 Å². The van der Waals surface area contributed by atoms with Gasteiger partial charge in [-0.2, -0.15) is 0 Å². The first-order chi connectivity index (χ1) is 29.8. The fraction of sp³-hybridized carbons (Fsp3) is 0.319. The highest BCUT2D eigenvalue weighted by Crippen LogP contribution is 2.33. The molecule has 0 amide bonds. The molecule has 12 nitrogen and oxygen atoms in total. The maximum Gasteiger partial charge on any atom is 0.293 e. The van der Waals surface area contributed by atoms with Gasteiger partial charge in [-0.3, -0.25) is 24.6 Å². The second-order valence-electron chi connectivity index (χ2n) is 16.1. The van der Waals surface area contributed by atoms with Gasteiger partial charge in [-0.1, -0.05) is 66.2 Å². The Hall–Kier alpha value is -5.25. The fourth-order valence-electron chi connectivity index (χ4n) is 7.98. The Kier molecular flexibility index (Phi) is 14.7. The molecule has 1 aliphatic heterocycles. The number of hydrogen-bond donors (Lipinski definition) is 2. The third-order valence-corrected chi connectivity index (χ3v) is 14.0. The molecule has 0 aliphatic carbocycles. The molecular weight excluding hydrogens is 840 g/mol. The zero-order chi connectivity index (χ0) is 43.8.